The van der Waals surface area contributed by atoms with Gasteiger partial charge in [0.2, 0.25) is 5.13 Å². The van der Waals surface area contributed by atoms with E-state index in [2.05, 4.69) is 22.1 Å². The molecule has 0 atom stereocenters. The molecule has 1 amide bonds. The lowest BCUT2D eigenvalue weighted by atomic mass is 10.3. The van der Waals surface area contributed by atoms with Crippen molar-refractivity contribution in [3.63, 3.8) is 0 Å². The molecule has 0 aliphatic heterocycles. The third-order valence-electron chi connectivity index (χ3n) is 1.23. The zero-order valence-electron chi connectivity index (χ0n) is 6.66. The summed E-state index contributed by atoms with van der Waals surface area (Å²) in [5, 5.41) is 9.21. The molecule has 4 N–H and O–H groups in total. The summed E-state index contributed by atoms with van der Waals surface area (Å²) < 4.78 is 0.508. The lowest BCUT2D eigenvalue weighted by molar-refractivity contribution is -0.112. The Labute approximate surface area is 83.7 Å². The maximum absolute atomic E-state index is 11.2. The van der Waals surface area contributed by atoms with E-state index >= 15 is 0 Å². The van der Waals surface area contributed by atoms with Gasteiger partial charge in [0.15, 0.2) is 3.95 Å². The largest absolute Gasteiger partial charge is 0.326 e. The number of rotatable bonds is 3. The lowest BCUT2D eigenvalue weighted by Gasteiger charge is -2.00. The van der Waals surface area contributed by atoms with Crippen molar-refractivity contribution in [1.82, 2.24) is 10.2 Å². The minimum Gasteiger partial charge on any atom is -0.326 e. The van der Waals surface area contributed by atoms with Gasteiger partial charge in [-0.15, -0.1) is 5.10 Å². The zero-order chi connectivity index (χ0) is 9.84. The molecule has 70 valence electrons. The molecule has 0 saturated heterocycles. The predicted molar refractivity (Wildman–Crippen MR) is 54.1 cm³/mol. The molecule has 0 bridgehead atoms. The molecule has 1 heterocycles. The van der Waals surface area contributed by atoms with E-state index in [-0.39, 0.29) is 12.5 Å². The number of aromatic amines is 1. The highest BCUT2D eigenvalue weighted by molar-refractivity contribution is 7.73. The predicted octanol–water partition coefficient (Wildman–Crippen LogP) is 0.654. The second kappa shape index (κ2) is 4.26. The SMILES string of the molecule is C=C(CN)C(=O)Nc1n[nH]c(=S)s1. The van der Waals surface area contributed by atoms with E-state index in [4.69, 9.17) is 18.0 Å². The second-order valence-corrected chi connectivity index (χ2v) is 3.85. The summed E-state index contributed by atoms with van der Waals surface area (Å²) in [5.41, 5.74) is 5.53. The third kappa shape index (κ3) is 2.72. The Balaban J connectivity index is 2.65. The van der Waals surface area contributed by atoms with Crippen molar-refractivity contribution in [3.8, 4) is 0 Å². The van der Waals surface area contributed by atoms with E-state index in [0.717, 1.165) is 0 Å². The zero-order valence-corrected chi connectivity index (χ0v) is 8.30. The smallest absolute Gasteiger partial charge is 0.254 e. The molecule has 1 aromatic rings. The van der Waals surface area contributed by atoms with Crippen LogP contribution in [0.15, 0.2) is 12.2 Å². The van der Waals surface area contributed by atoms with Crippen molar-refractivity contribution in [2.45, 2.75) is 0 Å². The molecule has 0 aromatic carbocycles. The molecule has 1 rings (SSSR count). The Morgan fingerprint density at radius 1 is 1.85 bits per heavy atom. The molecule has 0 aliphatic carbocycles. The Hall–Kier alpha value is -1.05. The molecule has 0 unspecified atom stereocenters. The summed E-state index contributed by atoms with van der Waals surface area (Å²) in [7, 11) is 0. The number of H-pyrrole nitrogens is 1. The van der Waals surface area contributed by atoms with Crippen LogP contribution in [0.4, 0.5) is 5.13 Å². The number of nitrogens with zero attached hydrogens (tertiary/aromatic N) is 1. The number of nitrogens with one attached hydrogen (secondary N) is 2. The van der Waals surface area contributed by atoms with Crippen LogP contribution in [0.5, 0.6) is 0 Å². The van der Waals surface area contributed by atoms with E-state index in [1.165, 1.54) is 11.3 Å². The normalized spacial score (nSPS) is 9.62. The number of carbonyl (C=O) groups excluding carboxylic acids is 1. The van der Waals surface area contributed by atoms with Crippen LogP contribution in [0, 0.1) is 3.95 Å². The van der Waals surface area contributed by atoms with Crippen molar-refractivity contribution in [1.29, 1.82) is 0 Å². The van der Waals surface area contributed by atoms with Crippen LogP contribution < -0.4 is 11.1 Å². The van der Waals surface area contributed by atoms with Crippen molar-refractivity contribution < 1.29 is 4.79 Å². The topological polar surface area (TPSA) is 83.8 Å². The van der Waals surface area contributed by atoms with Gasteiger partial charge in [0.1, 0.15) is 0 Å². The van der Waals surface area contributed by atoms with Gasteiger partial charge in [-0.25, -0.2) is 0 Å². The van der Waals surface area contributed by atoms with Crippen LogP contribution in [-0.2, 0) is 4.79 Å². The van der Waals surface area contributed by atoms with Crippen LogP contribution >= 0.6 is 23.6 Å². The molecule has 0 aliphatic rings. The van der Waals surface area contributed by atoms with Crippen LogP contribution in [0.25, 0.3) is 0 Å². The summed E-state index contributed by atoms with van der Waals surface area (Å²) in [6.07, 6.45) is 0. The van der Waals surface area contributed by atoms with E-state index < -0.39 is 0 Å². The monoisotopic (exact) mass is 216 g/mol. The van der Waals surface area contributed by atoms with Gasteiger partial charge in [0.25, 0.3) is 5.91 Å². The molecular formula is C6H8N4OS2. The van der Waals surface area contributed by atoms with E-state index in [0.29, 0.717) is 14.7 Å². The highest BCUT2D eigenvalue weighted by Gasteiger charge is 2.06. The second-order valence-electron chi connectivity index (χ2n) is 2.18. The molecule has 13 heavy (non-hydrogen) atoms. The molecule has 0 radical (unpaired) electrons. The minimum atomic E-state index is -0.333. The first-order chi connectivity index (χ1) is 6.13. The Kier molecular flexibility index (Phi) is 3.29. The summed E-state index contributed by atoms with van der Waals surface area (Å²) in [6, 6.07) is 0. The standard InChI is InChI=1S/C6H8N4OS2/c1-3(2-7)4(11)8-5-9-10-6(12)13-5/h1-2,7H2,(H,10,12)(H,8,9,11). The highest BCUT2D eigenvalue weighted by Crippen LogP contribution is 2.11. The fourth-order valence-corrected chi connectivity index (χ4v) is 1.35. The highest BCUT2D eigenvalue weighted by atomic mass is 32.1. The van der Waals surface area contributed by atoms with Gasteiger partial charge < -0.3 is 5.73 Å². The first-order valence-electron chi connectivity index (χ1n) is 3.38. The first kappa shape index (κ1) is 10.0. The number of amides is 1. The molecular weight excluding hydrogens is 208 g/mol. The molecule has 0 fully saturated rings. The molecule has 7 heteroatoms. The number of hydrogen-bond acceptors (Lipinski definition) is 5. The Bertz CT molecular complexity index is 380. The van der Waals surface area contributed by atoms with Crippen LogP contribution in [0.3, 0.4) is 0 Å². The summed E-state index contributed by atoms with van der Waals surface area (Å²) >= 11 is 5.96. The Morgan fingerprint density at radius 2 is 2.54 bits per heavy atom. The molecule has 0 spiro atoms. The van der Waals surface area contributed by atoms with Crippen LogP contribution in [0.1, 0.15) is 0 Å². The maximum atomic E-state index is 11.2. The number of anilines is 1. The van der Waals surface area contributed by atoms with Crippen LogP contribution in [-0.4, -0.2) is 22.6 Å². The van der Waals surface area contributed by atoms with Crippen molar-refractivity contribution in [3.05, 3.63) is 16.1 Å². The summed E-state index contributed by atoms with van der Waals surface area (Å²) in [4.78, 5) is 11.2. The third-order valence-corrected chi connectivity index (χ3v) is 2.23. The van der Waals surface area contributed by atoms with Gasteiger partial charge >= 0.3 is 0 Å². The van der Waals surface area contributed by atoms with Crippen molar-refractivity contribution in [2.75, 3.05) is 11.9 Å². The summed E-state index contributed by atoms with van der Waals surface area (Å²) in [6.45, 7) is 3.61. The molecule has 0 saturated carbocycles. The number of nitrogens with two attached hydrogens (primary N) is 1. The van der Waals surface area contributed by atoms with Gasteiger partial charge in [-0.05, 0) is 12.2 Å². The summed E-state index contributed by atoms with van der Waals surface area (Å²) in [5.74, 6) is -0.333. The van der Waals surface area contributed by atoms with Gasteiger partial charge in [-0.1, -0.05) is 17.9 Å². The van der Waals surface area contributed by atoms with Gasteiger partial charge in [0.05, 0.1) is 0 Å². The number of aromatic nitrogens is 2. The fourth-order valence-electron chi connectivity index (χ4n) is 0.562. The van der Waals surface area contributed by atoms with Gasteiger partial charge in [0, 0.05) is 12.1 Å². The van der Waals surface area contributed by atoms with Crippen molar-refractivity contribution >= 4 is 34.6 Å². The Morgan fingerprint density at radius 3 is 3.00 bits per heavy atom. The maximum Gasteiger partial charge on any atom is 0.254 e. The molecule has 1 aromatic heterocycles. The number of carbonyl (C=O) groups is 1. The minimum absolute atomic E-state index is 0.127. The first-order valence-corrected chi connectivity index (χ1v) is 4.60. The van der Waals surface area contributed by atoms with Gasteiger partial charge in [-0.2, -0.15) is 0 Å². The average molecular weight is 216 g/mol. The van der Waals surface area contributed by atoms with E-state index in [9.17, 15) is 4.79 Å². The van der Waals surface area contributed by atoms with E-state index in [1.54, 1.807) is 0 Å². The quantitative estimate of drug-likeness (QED) is 0.512. The van der Waals surface area contributed by atoms with Crippen LogP contribution in [0.2, 0.25) is 0 Å². The molecule has 5 nitrogen and oxygen atoms in total. The number of hydrogen-bond donors (Lipinski definition) is 3. The fraction of sp³-hybridized carbons (Fsp3) is 0.167. The van der Waals surface area contributed by atoms with Crippen molar-refractivity contribution in [2.24, 2.45) is 5.73 Å². The van der Waals surface area contributed by atoms with E-state index in [1.807, 2.05) is 0 Å². The lowest BCUT2D eigenvalue weighted by Crippen LogP contribution is -2.19. The van der Waals surface area contributed by atoms with Gasteiger partial charge in [-0.3, -0.25) is 15.2 Å². The average Bonchev–Trinajstić information content (AvgIpc) is 2.49.